The molecule has 0 aromatic heterocycles. The summed E-state index contributed by atoms with van der Waals surface area (Å²) in [6, 6.07) is 4.23. The Balaban J connectivity index is 2.37. The third kappa shape index (κ3) is 2.25. The molecular weight excluding hydrogens is 254 g/mol. The lowest BCUT2D eigenvalue weighted by molar-refractivity contribution is 0.177. The van der Waals surface area contributed by atoms with E-state index in [-0.39, 0.29) is 6.10 Å². The maximum Gasteiger partial charge on any atom is 0.0917 e. The average Bonchev–Trinajstić information content (AvgIpc) is 2.64. The van der Waals surface area contributed by atoms with E-state index in [1.165, 1.54) is 17.5 Å². The van der Waals surface area contributed by atoms with Crippen LogP contribution in [0.3, 0.4) is 0 Å². The second kappa shape index (κ2) is 4.64. The molecule has 15 heavy (non-hydrogen) atoms. The molecule has 0 radical (unpaired) electrons. The second-order valence-electron chi connectivity index (χ2n) is 4.06. The van der Waals surface area contributed by atoms with Crippen LogP contribution in [0, 0.1) is 0 Å². The van der Waals surface area contributed by atoms with Gasteiger partial charge in [0.25, 0.3) is 0 Å². The van der Waals surface area contributed by atoms with Crippen molar-refractivity contribution in [3.8, 4) is 0 Å². The molecule has 0 spiro atoms. The fourth-order valence-corrected chi connectivity index (χ4v) is 2.82. The monoisotopic (exact) mass is 269 g/mol. The lowest BCUT2D eigenvalue weighted by atomic mass is 9.99. The fraction of sp³-hybridized carbons (Fsp3) is 0.500. The van der Waals surface area contributed by atoms with E-state index < -0.39 is 0 Å². The molecule has 1 aliphatic carbocycles. The van der Waals surface area contributed by atoms with Crippen LogP contribution in [0.2, 0.25) is 0 Å². The molecule has 1 aromatic carbocycles. The van der Waals surface area contributed by atoms with E-state index in [0.717, 1.165) is 22.9 Å². The van der Waals surface area contributed by atoms with Crippen LogP contribution < -0.4 is 5.32 Å². The molecule has 1 atom stereocenters. The van der Waals surface area contributed by atoms with Crippen LogP contribution in [0.25, 0.3) is 0 Å². The lowest BCUT2D eigenvalue weighted by Crippen LogP contribution is -2.18. The van der Waals surface area contributed by atoms with Crippen molar-refractivity contribution >= 4 is 15.9 Å². The first-order chi connectivity index (χ1) is 7.22. The largest absolute Gasteiger partial charge is 0.387 e. The molecule has 1 aliphatic rings. The summed E-state index contributed by atoms with van der Waals surface area (Å²) in [6.07, 6.45) is 3.08. The maximum atomic E-state index is 10.0. The number of aliphatic hydroxyl groups is 1. The maximum absolute atomic E-state index is 10.0. The summed E-state index contributed by atoms with van der Waals surface area (Å²) >= 11 is 3.50. The highest BCUT2D eigenvalue weighted by Crippen LogP contribution is 2.32. The molecular formula is C12H16BrNO. The zero-order chi connectivity index (χ0) is 10.8. The fourth-order valence-electron chi connectivity index (χ4n) is 2.30. The highest BCUT2D eigenvalue weighted by atomic mass is 79.9. The van der Waals surface area contributed by atoms with Crippen molar-refractivity contribution in [2.45, 2.75) is 25.4 Å². The zero-order valence-corrected chi connectivity index (χ0v) is 10.5. The van der Waals surface area contributed by atoms with Gasteiger partial charge in [-0.2, -0.15) is 0 Å². The summed E-state index contributed by atoms with van der Waals surface area (Å²) in [6.45, 7) is 0.614. The van der Waals surface area contributed by atoms with E-state index in [0.29, 0.717) is 6.54 Å². The van der Waals surface area contributed by atoms with Gasteiger partial charge in [0.15, 0.2) is 0 Å². The van der Waals surface area contributed by atoms with Gasteiger partial charge in [0, 0.05) is 11.0 Å². The Morgan fingerprint density at radius 1 is 1.47 bits per heavy atom. The van der Waals surface area contributed by atoms with Gasteiger partial charge < -0.3 is 10.4 Å². The number of hydrogen-bond acceptors (Lipinski definition) is 2. The molecule has 0 saturated carbocycles. The van der Waals surface area contributed by atoms with Gasteiger partial charge in [0.05, 0.1) is 6.10 Å². The van der Waals surface area contributed by atoms with E-state index in [9.17, 15) is 5.11 Å². The minimum Gasteiger partial charge on any atom is -0.387 e. The van der Waals surface area contributed by atoms with Crippen molar-refractivity contribution in [2.24, 2.45) is 0 Å². The molecule has 1 unspecified atom stereocenters. The molecule has 0 fully saturated rings. The van der Waals surface area contributed by atoms with Gasteiger partial charge in [-0.15, -0.1) is 0 Å². The molecule has 0 heterocycles. The SMILES string of the molecule is CNCC(O)c1cc(Br)cc2c1CCC2. The molecule has 0 saturated heterocycles. The summed E-state index contributed by atoms with van der Waals surface area (Å²) in [5, 5.41) is 13.0. The number of nitrogens with one attached hydrogen (secondary N) is 1. The number of likely N-dealkylation sites (N-methyl/N-ethyl adjacent to an activating group) is 1. The quantitative estimate of drug-likeness (QED) is 0.882. The molecule has 2 nitrogen and oxygen atoms in total. The Morgan fingerprint density at radius 3 is 3.00 bits per heavy atom. The Kier molecular flexibility index (Phi) is 3.44. The summed E-state index contributed by atoms with van der Waals surface area (Å²) in [4.78, 5) is 0. The Bertz CT molecular complexity index is 365. The summed E-state index contributed by atoms with van der Waals surface area (Å²) in [5.74, 6) is 0. The second-order valence-corrected chi connectivity index (χ2v) is 4.98. The number of benzene rings is 1. The number of fused-ring (bicyclic) bond motifs is 1. The minimum atomic E-state index is -0.389. The molecule has 0 bridgehead atoms. The van der Waals surface area contributed by atoms with Crippen LogP contribution in [0.4, 0.5) is 0 Å². The number of hydrogen-bond donors (Lipinski definition) is 2. The predicted octanol–water partition coefficient (Wildman–Crippen LogP) is 2.19. The van der Waals surface area contributed by atoms with E-state index in [1.54, 1.807) is 0 Å². The van der Waals surface area contributed by atoms with Gasteiger partial charge in [-0.3, -0.25) is 0 Å². The number of rotatable bonds is 3. The van der Waals surface area contributed by atoms with Gasteiger partial charge in [0.2, 0.25) is 0 Å². The number of aryl methyl sites for hydroxylation is 1. The van der Waals surface area contributed by atoms with Crippen molar-refractivity contribution in [2.75, 3.05) is 13.6 Å². The molecule has 0 aliphatic heterocycles. The zero-order valence-electron chi connectivity index (χ0n) is 8.89. The standard InChI is InChI=1S/C12H16BrNO/c1-14-7-12(15)11-6-9(13)5-8-3-2-4-10(8)11/h5-6,12,14-15H,2-4,7H2,1H3. The van der Waals surface area contributed by atoms with E-state index >= 15 is 0 Å². The summed E-state index contributed by atoms with van der Waals surface area (Å²) in [5.41, 5.74) is 3.85. The normalized spacial score (nSPS) is 16.5. The summed E-state index contributed by atoms with van der Waals surface area (Å²) in [7, 11) is 1.86. The van der Waals surface area contributed by atoms with E-state index in [2.05, 4.69) is 27.3 Å². The van der Waals surface area contributed by atoms with Crippen molar-refractivity contribution < 1.29 is 5.11 Å². The molecule has 82 valence electrons. The van der Waals surface area contributed by atoms with Crippen LogP contribution in [0.5, 0.6) is 0 Å². The number of halogens is 1. The smallest absolute Gasteiger partial charge is 0.0917 e. The Hall–Kier alpha value is -0.380. The van der Waals surface area contributed by atoms with Gasteiger partial charge in [-0.1, -0.05) is 15.9 Å². The van der Waals surface area contributed by atoms with Crippen molar-refractivity contribution in [1.29, 1.82) is 0 Å². The van der Waals surface area contributed by atoms with Gasteiger partial charge in [-0.05, 0) is 55.1 Å². The van der Waals surface area contributed by atoms with Crippen LogP contribution in [-0.2, 0) is 12.8 Å². The highest BCUT2D eigenvalue weighted by molar-refractivity contribution is 9.10. The van der Waals surface area contributed by atoms with Crippen LogP contribution in [0.15, 0.2) is 16.6 Å². The first-order valence-corrected chi connectivity index (χ1v) is 6.15. The third-order valence-corrected chi connectivity index (χ3v) is 3.43. The first-order valence-electron chi connectivity index (χ1n) is 5.36. The van der Waals surface area contributed by atoms with Gasteiger partial charge in [0.1, 0.15) is 0 Å². The number of aliphatic hydroxyl groups excluding tert-OH is 1. The Morgan fingerprint density at radius 2 is 2.27 bits per heavy atom. The average molecular weight is 270 g/mol. The topological polar surface area (TPSA) is 32.3 Å². The van der Waals surface area contributed by atoms with Gasteiger partial charge >= 0.3 is 0 Å². The summed E-state index contributed by atoms with van der Waals surface area (Å²) < 4.78 is 1.08. The molecule has 1 aromatic rings. The minimum absolute atomic E-state index is 0.389. The first kappa shape index (κ1) is 11.1. The molecule has 2 N–H and O–H groups in total. The van der Waals surface area contributed by atoms with Crippen molar-refractivity contribution in [3.63, 3.8) is 0 Å². The van der Waals surface area contributed by atoms with E-state index in [4.69, 9.17) is 0 Å². The highest BCUT2D eigenvalue weighted by Gasteiger charge is 2.19. The molecule has 3 heteroatoms. The van der Waals surface area contributed by atoms with Crippen molar-refractivity contribution in [3.05, 3.63) is 33.3 Å². The van der Waals surface area contributed by atoms with Crippen molar-refractivity contribution in [1.82, 2.24) is 5.32 Å². The van der Waals surface area contributed by atoms with Crippen LogP contribution in [-0.4, -0.2) is 18.7 Å². The molecule has 0 amide bonds. The van der Waals surface area contributed by atoms with Crippen LogP contribution in [0.1, 0.15) is 29.2 Å². The van der Waals surface area contributed by atoms with Crippen LogP contribution >= 0.6 is 15.9 Å². The molecule has 2 rings (SSSR count). The van der Waals surface area contributed by atoms with Gasteiger partial charge in [-0.25, -0.2) is 0 Å². The van der Waals surface area contributed by atoms with E-state index in [1.807, 2.05) is 13.1 Å². The predicted molar refractivity (Wildman–Crippen MR) is 65.1 cm³/mol. The third-order valence-electron chi connectivity index (χ3n) is 2.97. The lowest BCUT2D eigenvalue weighted by Gasteiger charge is -2.15. The Labute approximate surface area is 98.8 Å².